The van der Waals surface area contributed by atoms with Crippen LogP contribution in [0.2, 0.25) is 0 Å². The average Bonchev–Trinajstić information content (AvgIpc) is 2.05. The molecule has 0 saturated carbocycles. The van der Waals surface area contributed by atoms with Gasteiger partial charge in [0.1, 0.15) is 6.67 Å². The van der Waals surface area contributed by atoms with Crippen molar-refractivity contribution in [1.29, 1.82) is 0 Å². The molecule has 0 aliphatic rings. The van der Waals surface area contributed by atoms with Crippen molar-refractivity contribution in [2.45, 2.75) is 5.66 Å². The van der Waals surface area contributed by atoms with Crippen LogP contribution in [0.15, 0.2) is 24.4 Å². The van der Waals surface area contributed by atoms with Gasteiger partial charge in [0.05, 0.1) is 0 Å². The van der Waals surface area contributed by atoms with Crippen molar-refractivity contribution >= 4 is 9.24 Å². The highest BCUT2D eigenvalue weighted by Crippen LogP contribution is 2.19. The first-order chi connectivity index (χ1) is 4.84. The van der Waals surface area contributed by atoms with E-state index in [1.807, 2.05) is 18.2 Å². The summed E-state index contributed by atoms with van der Waals surface area (Å²) in [4.78, 5) is 3.99. The summed E-state index contributed by atoms with van der Waals surface area (Å²) in [5.74, 6) is 0. The van der Waals surface area contributed by atoms with Gasteiger partial charge in [-0.15, -0.1) is 9.24 Å². The molecule has 0 radical (unpaired) electrons. The Balaban J connectivity index is 2.75. The highest BCUT2D eigenvalue weighted by molar-refractivity contribution is 7.17. The molecule has 2 unspecified atom stereocenters. The molecular weight excluding hydrogens is 148 g/mol. The standard InChI is InChI=1S/C7H9FNP/c8-5-7(10)6-3-1-2-4-9-6/h1-4,7H,5,10H2. The Morgan fingerprint density at radius 3 is 2.90 bits per heavy atom. The molecule has 1 heterocycles. The summed E-state index contributed by atoms with van der Waals surface area (Å²) in [5, 5.41) is 0. The minimum absolute atomic E-state index is 0.152. The zero-order chi connectivity index (χ0) is 7.40. The van der Waals surface area contributed by atoms with E-state index in [0.29, 0.717) is 0 Å². The maximum atomic E-state index is 12.0. The van der Waals surface area contributed by atoms with Gasteiger partial charge in [-0.3, -0.25) is 9.37 Å². The van der Waals surface area contributed by atoms with Crippen LogP contribution in [-0.4, -0.2) is 11.7 Å². The van der Waals surface area contributed by atoms with Crippen LogP contribution in [0.4, 0.5) is 4.39 Å². The third-order valence-electron chi connectivity index (χ3n) is 1.23. The molecule has 10 heavy (non-hydrogen) atoms. The summed E-state index contributed by atoms with van der Waals surface area (Å²) < 4.78 is 12.0. The van der Waals surface area contributed by atoms with Crippen LogP contribution >= 0.6 is 9.24 Å². The molecule has 1 aromatic rings. The first kappa shape index (κ1) is 7.62. The van der Waals surface area contributed by atoms with E-state index in [-0.39, 0.29) is 12.3 Å². The van der Waals surface area contributed by atoms with Gasteiger partial charge in [-0.25, -0.2) is 0 Å². The van der Waals surface area contributed by atoms with Crippen LogP contribution in [0.25, 0.3) is 0 Å². The fourth-order valence-electron chi connectivity index (χ4n) is 0.674. The molecule has 0 aromatic carbocycles. The van der Waals surface area contributed by atoms with Crippen molar-refractivity contribution in [2.75, 3.05) is 6.67 Å². The molecule has 0 amide bonds. The Morgan fingerprint density at radius 1 is 1.60 bits per heavy atom. The first-order valence-corrected chi connectivity index (χ1v) is 3.73. The molecule has 1 aromatic heterocycles. The zero-order valence-electron chi connectivity index (χ0n) is 5.50. The van der Waals surface area contributed by atoms with Crippen LogP contribution < -0.4 is 0 Å². The second kappa shape index (κ2) is 3.62. The van der Waals surface area contributed by atoms with Gasteiger partial charge in [0.15, 0.2) is 0 Å². The van der Waals surface area contributed by atoms with E-state index in [0.717, 1.165) is 5.69 Å². The molecule has 1 nitrogen and oxygen atoms in total. The molecule has 0 fully saturated rings. The van der Waals surface area contributed by atoms with Gasteiger partial charge < -0.3 is 0 Å². The molecule has 0 bridgehead atoms. The van der Waals surface area contributed by atoms with Crippen molar-refractivity contribution in [3.05, 3.63) is 30.1 Å². The normalized spacial score (nSPS) is 13.0. The fraction of sp³-hybridized carbons (Fsp3) is 0.286. The van der Waals surface area contributed by atoms with Gasteiger partial charge in [0.25, 0.3) is 0 Å². The van der Waals surface area contributed by atoms with Gasteiger partial charge in [-0.2, -0.15) is 0 Å². The van der Waals surface area contributed by atoms with Crippen molar-refractivity contribution in [1.82, 2.24) is 4.98 Å². The van der Waals surface area contributed by atoms with E-state index >= 15 is 0 Å². The second-order valence-electron chi connectivity index (χ2n) is 2.02. The van der Waals surface area contributed by atoms with Crippen molar-refractivity contribution < 1.29 is 4.39 Å². The number of alkyl halides is 1. The number of hydrogen-bond acceptors (Lipinski definition) is 1. The topological polar surface area (TPSA) is 12.9 Å². The van der Waals surface area contributed by atoms with Gasteiger partial charge in [0.2, 0.25) is 0 Å². The second-order valence-corrected chi connectivity index (χ2v) is 2.82. The lowest BCUT2D eigenvalue weighted by atomic mass is 10.3. The Bertz CT molecular complexity index is 190. The molecule has 0 aliphatic heterocycles. The van der Waals surface area contributed by atoms with E-state index in [2.05, 4.69) is 14.2 Å². The number of halogens is 1. The number of aromatic nitrogens is 1. The summed E-state index contributed by atoms with van der Waals surface area (Å²) in [6.45, 7) is -0.373. The third kappa shape index (κ3) is 1.74. The van der Waals surface area contributed by atoms with Gasteiger partial charge in [-0.05, 0) is 12.1 Å². The summed E-state index contributed by atoms with van der Waals surface area (Å²) in [7, 11) is 2.41. The van der Waals surface area contributed by atoms with E-state index in [4.69, 9.17) is 0 Å². The van der Waals surface area contributed by atoms with Crippen LogP contribution in [0.1, 0.15) is 11.4 Å². The molecule has 2 atom stereocenters. The van der Waals surface area contributed by atoms with Crippen molar-refractivity contribution in [2.24, 2.45) is 0 Å². The van der Waals surface area contributed by atoms with Crippen LogP contribution in [0, 0.1) is 0 Å². The lowest BCUT2D eigenvalue weighted by Crippen LogP contribution is -1.93. The minimum atomic E-state index is -0.373. The molecule has 0 saturated heterocycles. The maximum absolute atomic E-state index is 12.0. The smallest absolute Gasteiger partial charge is 0.101 e. The maximum Gasteiger partial charge on any atom is 0.101 e. The fourth-order valence-corrected chi connectivity index (χ4v) is 0.872. The lowest BCUT2D eigenvalue weighted by molar-refractivity contribution is 0.485. The van der Waals surface area contributed by atoms with Crippen LogP contribution in [0.5, 0.6) is 0 Å². The summed E-state index contributed by atoms with van der Waals surface area (Å²) in [6, 6.07) is 5.49. The van der Waals surface area contributed by atoms with Gasteiger partial charge >= 0.3 is 0 Å². The van der Waals surface area contributed by atoms with E-state index in [1.165, 1.54) is 0 Å². The summed E-state index contributed by atoms with van der Waals surface area (Å²) in [5.41, 5.74) is 0.635. The predicted octanol–water partition coefficient (Wildman–Crippen LogP) is 1.97. The zero-order valence-corrected chi connectivity index (χ0v) is 6.65. The van der Waals surface area contributed by atoms with Gasteiger partial charge in [0, 0.05) is 17.5 Å². The Labute approximate surface area is 61.9 Å². The molecule has 1 rings (SSSR count). The van der Waals surface area contributed by atoms with E-state index in [1.54, 1.807) is 6.20 Å². The predicted molar refractivity (Wildman–Crippen MR) is 42.7 cm³/mol. The SMILES string of the molecule is FCC(P)c1ccccn1. The summed E-state index contributed by atoms with van der Waals surface area (Å²) in [6.07, 6.45) is 1.67. The Morgan fingerprint density at radius 2 is 2.40 bits per heavy atom. The first-order valence-electron chi connectivity index (χ1n) is 3.07. The van der Waals surface area contributed by atoms with E-state index < -0.39 is 0 Å². The van der Waals surface area contributed by atoms with Crippen molar-refractivity contribution in [3.63, 3.8) is 0 Å². The monoisotopic (exact) mass is 157 g/mol. The molecule has 54 valence electrons. The van der Waals surface area contributed by atoms with Crippen LogP contribution in [0.3, 0.4) is 0 Å². The third-order valence-corrected chi connectivity index (χ3v) is 1.75. The van der Waals surface area contributed by atoms with Crippen molar-refractivity contribution in [3.8, 4) is 0 Å². The molecule has 3 heteroatoms. The van der Waals surface area contributed by atoms with Gasteiger partial charge in [-0.1, -0.05) is 6.07 Å². The largest absolute Gasteiger partial charge is 0.261 e. The number of pyridine rings is 1. The minimum Gasteiger partial charge on any atom is -0.261 e. The lowest BCUT2D eigenvalue weighted by Gasteiger charge is -2.03. The highest BCUT2D eigenvalue weighted by Gasteiger charge is 2.03. The van der Waals surface area contributed by atoms with Crippen LogP contribution in [-0.2, 0) is 0 Å². The van der Waals surface area contributed by atoms with E-state index in [9.17, 15) is 4.39 Å². The number of hydrogen-bond donors (Lipinski definition) is 0. The number of rotatable bonds is 2. The average molecular weight is 157 g/mol. The highest BCUT2D eigenvalue weighted by atomic mass is 31.0. The molecule has 0 aliphatic carbocycles. The molecule has 0 N–H and O–H groups in total. The Kier molecular flexibility index (Phi) is 2.76. The molecular formula is C7H9FNP. The Hall–Kier alpha value is -0.490. The quantitative estimate of drug-likeness (QED) is 0.598. The number of nitrogens with zero attached hydrogens (tertiary/aromatic N) is 1. The molecule has 0 spiro atoms. The summed E-state index contributed by atoms with van der Waals surface area (Å²) >= 11 is 0.